The summed E-state index contributed by atoms with van der Waals surface area (Å²) in [6.45, 7) is 4.53. The minimum Gasteiger partial charge on any atom is -1.00 e. The first-order valence-corrected chi connectivity index (χ1v) is 7.93. The zero-order chi connectivity index (χ0) is 9.26. The normalized spacial score (nSPS) is 20.5. The minimum absolute atomic E-state index is 0. The molecular formula is C12H17Ta. The van der Waals surface area contributed by atoms with E-state index >= 15 is 0 Å². The SMILES string of the molecule is CC1=[C]([Ta+3][C]2=C(C)C=CC2)CC=C1.[H-].[H-].[H-]. The van der Waals surface area contributed by atoms with Crippen LogP contribution in [0.5, 0.6) is 0 Å². The molecule has 2 aliphatic rings. The van der Waals surface area contributed by atoms with Crippen molar-refractivity contribution in [1.29, 1.82) is 0 Å². The maximum Gasteiger partial charge on any atom is -1.00 e. The molecule has 0 amide bonds. The van der Waals surface area contributed by atoms with Gasteiger partial charge in [0, 0.05) is 0 Å². The third-order valence-electron chi connectivity index (χ3n) is 2.54. The topological polar surface area (TPSA) is 0 Å². The van der Waals surface area contributed by atoms with E-state index in [1.165, 1.54) is 12.8 Å². The molecule has 70 valence electrons. The van der Waals surface area contributed by atoms with E-state index in [2.05, 4.69) is 38.2 Å². The standard InChI is InChI=1S/2C6H7.Ta.3H/c2*1-6-4-2-3-5-6;;;;/h2*2,4H,3H2,1H3;;;;/q;;+3;3*-1. The molecule has 0 aromatic carbocycles. The summed E-state index contributed by atoms with van der Waals surface area (Å²) < 4.78 is 3.58. The molecule has 1 heteroatoms. The Labute approximate surface area is 93.9 Å². The van der Waals surface area contributed by atoms with Gasteiger partial charge in [-0.3, -0.25) is 0 Å². The first kappa shape index (κ1) is 9.26. The molecule has 0 saturated carbocycles. The average Bonchev–Trinajstić information content (AvgIpc) is 2.65. The fourth-order valence-electron chi connectivity index (χ4n) is 1.64. The van der Waals surface area contributed by atoms with Crippen molar-refractivity contribution in [2.45, 2.75) is 26.7 Å². The third-order valence-corrected chi connectivity index (χ3v) is 8.32. The van der Waals surface area contributed by atoms with Gasteiger partial charge in [0.2, 0.25) is 0 Å². The van der Waals surface area contributed by atoms with Crippen LogP contribution < -0.4 is 0 Å². The second kappa shape index (κ2) is 3.83. The molecule has 2 aliphatic carbocycles. The van der Waals surface area contributed by atoms with Crippen molar-refractivity contribution in [3.05, 3.63) is 43.0 Å². The maximum absolute atomic E-state index is 2.31. The predicted octanol–water partition coefficient (Wildman–Crippen LogP) is 3.87. The van der Waals surface area contributed by atoms with E-state index in [0.29, 0.717) is 0 Å². The fraction of sp³-hybridized carbons (Fsp3) is 0.333. The van der Waals surface area contributed by atoms with E-state index in [4.69, 9.17) is 0 Å². The maximum atomic E-state index is 2.31. The molecule has 0 radical (unpaired) electrons. The summed E-state index contributed by atoms with van der Waals surface area (Å²) in [6, 6.07) is 0. The van der Waals surface area contributed by atoms with Crippen molar-refractivity contribution in [1.82, 2.24) is 0 Å². The van der Waals surface area contributed by atoms with Crippen LogP contribution in [0.2, 0.25) is 0 Å². The Morgan fingerprint density at radius 3 is 1.77 bits per heavy atom. The molecule has 0 unspecified atom stereocenters. The Morgan fingerprint density at radius 1 is 1.00 bits per heavy atom. The van der Waals surface area contributed by atoms with Gasteiger partial charge in [-0.2, -0.15) is 0 Å². The second-order valence-corrected chi connectivity index (χ2v) is 8.27. The summed E-state index contributed by atoms with van der Waals surface area (Å²) in [7, 11) is 0. The monoisotopic (exact) mass is 342 g/mol. The average molecular weight is 342 g/mol. The molecule has 0 spiro atoms. The predicted molar refractivity (Wildman–Crippen MR) is 56.3 cm³/mol. The van der Waals surface area contributed by atoms with Crippen LogP contribution in [-0.2, 0) is 19.8 Å². The number of rotatable bonds is 2. The minimum atomic E-state index is -0.483. The van der Waals surface area contributed by atoms with E-state index in [0.717, 1.165) is 0 Å². The van der Waals surface area contributed by atoms with Gasteiger partial charge in [-0.15, -0.1) is 0 Å². The zero-order valence-electron chi connectivity index (χ0n) is 11.2. The van der Waals surface area contributed by atoms with Gasteiger partial charge in [0.05, 0.1) is 0 Å². The zero-order valence-corrected chi connectivity index (χ0v) is 11.4. The molecular weight excluding hydrogens is 325 g/mol. The molecule has 0 aliphatic heterocycles. The van der Waals surface area contributed by atoms with E-state index in [-0.39, 0.29) is 4.28 Å². The molecule has 0 aromatic heterocycles. The van der Waals surface area contributed by atoms with Crippen molar-refractivity contribution in [2.75, 3.05) is 0 Å². The van der Waals surface area contributed by atoms with Crippen LogP contribution in [0.1, 0.15) is 31.0 Å². The second-order valence-electron chi connectivity index (χ2n) is 3.58. The van der Waals surface area contributed by atoms with Crippen LogP contribution in [0.15, 0.2) is 43.0 Å². The van der Waals surface area contributed by atoms with Crippen LogP contribution >= 0.6 is 0 Å². The Hall–Kier alpha value is -0.300. The van der Waals surface area contributed by atoms with Crippen molar-refractivity contribution in [2.24, 2.45) is 0 Å². The van der Waals surface area contributed by atoms with Gasteiger partial charge in [0.1, 0.15) is 0 Å². The summed E-state index contributed by atoms with van der Waals surface area (Å²) in [5, 5.41) is 0. The molecule has 0 N–H and O–H groups in total. The molecule has 2 rings (SSSR count). The Balaban J connectivity index is 0. The quantitative estimate of drug-likeness (QED) is 0.715. The van der Waals surface area contributed by atoms with Crippen LogP contribution in [0.3, 0.4) is 0 Å². The smallest absolute Gasteiger partial charge is 1.00 e. The summed E-state index contributed by atoms with van der Waals surface area (Å²) in [5.41, 5.74) is 3.12. The van der Waals surface area contributed by atoms with Gasteiger partial charge in [-0.05, 0) is 0 Å². The van der Waals surface area contributed by atoms with E-state index < -0.39 is 19.8 Å². The Morgan fingerprint density at radius 2 is 1.46 bits per heavy atom. The summed E-state index contributed by atoms with van der Waals surface area (Å²) in [4.78, 5) is 0. The van der Waals surface area contributed by atoms with Crippen LogP contribution in [-0.4, -0.2) is 0 Å². The van der Waals surface area contributed by atoms with Crippen molar-refractivity contribution in [3.8, 4) is 0 Å². The molecule has 0 nitrogen and oxygen atoms in total. The van der Waals surface area contributed by atoms with Crippen LogP contribution in [0.25, 0.3) is 0 Å². The first-order chi connectivity index (χ1) is 6.27. The molecule has 0 saturated heterocycles. The molecule has 13 heavy (non-hydrogen) atoms. The first-order valence-electron chi connectivity index (χ1n) is 4.71. The van der Waals surface area contributed by atoms with Crippen molar-refractivity contribution < 1.29 is 24.0 Å². The van der Waals surface area contributed by atoms with E-state index in [1.807, 2.05) is 0 Å². The van der Waals surface area contributed by atoms with E-state index in [9.17, 15) is 0 Å². The fourth-order valence-corrected chi connectivity index (χ4v) is 6.03. The summed E-state index contributed by atoms with van der Waals surface area (Å²) in [6.07, 6.45) is 11.7. The number of hydrogen-bond acceptors (Lipinski definition) is 0. The van der Waals surface area contributed by atoms with Crippen molar-refractivity contribution in [3.63, 3.8) is 0 Å². The van der Waals surface area contributed by atoms with Crippen LogP contribution in [0.4, 0.5) is 0 Å². The summed E-state index contributed by atoms with van der Waals surface area (Å²) in [5.74, 6) is 0. The molecule has 0 fully saturated rings. The molecule has 0 bridgehead atoms. The number of hydrogen-bond donors (Lipinski definition) is 0. The molecule has 0 aromatic rings. The van der Waals surface area contributed by atoms with Gasteiger partial charge < -0.3 is 4.28 Å². The number of allylic oxidation sites excluding steroid dienone is 8. The van der Waals surface area contributed by atoms with Gasteiger partial charge in [-0.1, -0.05) is 0 Å². The van der Waals surface area contributed by atoms with E-state index in [1.54, 1.807) is 18.7 Å². The van der Waals surface area contributed by atoms with Crippen molar-refractivity contribution >= 4 is 0 Å². The van der Waals surface area contributed by atoms with Gasteiger partial charge >= 0.3 is 89.5 Å². The molecule has 0 heterocycles. The third kappa shape index (κ3) is 1.96. The van der Waals surface area contributed by atoms with Gasteiger partial charge in [0.25, 0.3) is 0 Å². The summed E-state index contributed by atoms with van der Waals surface area (Å²) >= 11 is -0.483. The largest absolute Gasteiger partial charge is 1.00 e. The molecule has 0 atom stereocenters. The van der Waals surface area contributed by atoms with Gasteiger partial charge in [0.15, 0.2) is 0 Å². The van der Waals surface area contributed by atoms with Gasteiger partial charge in [-0.25, -0.2) is 0 Å². The Bertz CT molecular complexity index is 317. The Kier molecular flexibility index (Phi) is 2.73. The van der Waals surface area contributed by atoms with Crippen LogP contribution in [0, 0.1) is 0 Å².